The van der Waals surface area contributed by atoms with Crippen molar-refractivity contribution in [3.8, 4) is 5.82 Å². The van der Waals surface area contributed by atoms with Gasteiger partial charge in [-0.15, -0.1) is 0 Å². The lowest BCUT2D eigenvalue weighted by Gasteiger charge is -2.23. The molecule has 1 aliphatic heterocycles. The fourth-order valence-electron chi connectivity index (χ4n) is 3.13. The number of aromatic nitrogens is 3. The first-order valence-electron chi connectivity index (χ1n) is 9.66. The zero-order chi connectivity index (χ0) is 22.8. The molecule has 1 saturated heterocycles. The highest BCUT2D eigenvalue weighted by Crippen LogP contribution is 2.31. The number of carbonyl (C=O) groups is 2. The van der Waals surface area contributed by atoms with Gasteiger partial charge in [-0.2, -0.15) is 5.10 Å². The highest BCUT2D eigenvalue weighted by molar-refractivity contribution is 8.00. The van der Waals surface area contributed by atoms with Crippen molar-refractivity contribution < 1.29 is 14.3 Å². The fraction of sp³-hybridized carbons (Fsp3) is 0.238. The Morgan fingerprint density at radius 1 is 1.22 bits per heavy atom. The third-order valence-corrected chi connectivity index (χ3v) is 6.32. The first-order chi connectivity index (χ1) is 15.4. The molecule has 0 aliphatic carbocycles. The normalized spacial score (nSPS) is 13.5. The van der Waals surface area contributed by atoms with E-state index in [1.165, 1.54) is 29.6 Å². The van der Waals surface area contributed by atoms with Gasteiger partial charge in [0.25, 0.3) is 11.8 Å². The molecule has 2 amide bonds. The smallest absolute Gasteiger partial charge is 0.274 e. The molecule has 0 saturated carbocycles. The van der Waals surface area contributed by atoms with Gasteiger partial charge in [0.15, 0.2) is 5.82 Å². The summed E-state index contributed by atoms with van der Waals surface area (Å²) in [5.41, 5.74) is 1.49. The molecule has 11 heteroatoms. The number of thioether (sulfide) groups is 1. The van der Waals surface area contributed by atoms with Crippen LogP contribution in [-0.4, -0.2) is 52.1 Å². The molecule has 1 aromatic carbocycles. The minimum Gasteiger partial charge on any atom is -0.379 e. The third-order valence-electron chi connectivity index (χ3n) is 4.76. The van der Waals surface area contributed by atoms with E-state index in [0.717, 1.165) is 0 Å². The van der Waals surface area contributed by atoms with Crippen molar-refractivity contribution in [3.05, 3.63) is 63.4 Å². The molecule has 1 fully saturated rings. The molecule has 3 aromatic rings. The molecular formula is C21H19Cl2N5O3S. The molecule has 0 unspecified atom stereocenters. The minimum absolute atomic E-state index is 0.227. The summed E-state index contributed by atoms with van der Waals surface area (Å²) in [5.74, 6) is -0.504. The van der Waals surface area contributed by atoms with Crippen LogP contribution < -0.4 is 10.6 Å². The van der Waals surface area contributed by atoms with E-state index < -0.39 is 5.91 Å². The molecule has 2 N–H and O–H groups in total. The number of nitrogens with zero attached hydrogens (tertiary/aromatic N) is 3. The van der Waals surface area contributed by atoms with Crippen LogP contribution in [0.5, 0.6) is 0 Å². The molecule has 3 heterocycles. The van der Waals surface area contributed by atoms with Gasteiger partial charge < -0.3 is 15.4 Å². The zero-order valence-electron chi connectivity index (χ0n) is 17.2. The van der Waals surface area contributed by atoms with E-state index in [2.05, 4.69) is 20.7 Å². The van der Waals surface area contributed by atoms with Crippen LogP contribution in [0.2, 0.25) is 10.0 Å². The fourth-order valence-corrected chi connectivity index (χ4v) is 4.58. The maximum Gasteiger partial charge on any atom is 0.274 e. The number of benzene rings is 1. The van der Waals surface area contributed by atoms with Crippen LogP contribution in [0.4, 0.5) is 5.69 Å². The Kier molecular flexibility index (Phi) is 6.71. The number of nitrogens with one attached hydrogen (secondary N) is 2. The van der Waals surface area contributed by atoms with Crippen molar-refractivity contribution in [2.45, 2.75) is 17.2 Å². The van der Waals surface area contributed by atoms with E-state index in [9.17, 15) is 9.59 Å². The summed E-state index contributed by atoms with van der Waals surface area (Å²) in [6, 6.07) is 8.23. The quantitative estimate of drug-likeness (QED) is 0.540. The van der Waals surface area contributed by atoms with Crippen LogP contribution in [0, 0.1) is 6.92 Å². The van der Waals surface area contributed by atoms with Crippen LogP contribution in [-0.2, 0) is 4.74 Å². The van der Waals surface area contributed by atoms with E-state index in [-0.39, 0.29) is 22.4 Å². The lowest BCUT2D eigenvalue weighted by molar-refractivity contribution is 0.0454. The first kappa shape index (κ1) is 22.6. The summed E-state index contributed by atoms with van der Waals surface area (Å²) in [7, 11) is 1.51. The zero-order valence-corrected chi connectivity index (χ0v) is 19.5. The largest absolute Gasteiger partial charge is 0.379 e. The molecule has 32 heavy (non-hydrogen) atoms. The van der Waals surface area contributed by atoms with E-state index in [4.69, 9.17) is 27.9 Å². The molecular weight excluding hydrogens is 473 g/mol. The van der Waals surface area contributed by atoms with E-state index >= 15 is 0 Å². The average molecular weight is 492 g/mol. The number of anilines is 1. The van der Waals surface area contributed by atoms with Gasteiger partial charge in [-0.3, -0.25) is 9.59 Å². The number of pyridine rings is 1. The standard InChI is InChI=1S/C21H19Cl2N5O3S/c1-11-6-12(22)7-14(20(29)24-2)18(11)26-21(30)16-8-17(32-13-9-31-10-13)27-28(16)19-15(23)4-3-5-25-19/h3-8,13H,9-10H2,1-2H3,(H,24,29)(H,26,30). The molecule has 0 spiro atoms. The van der Waals surface area contributed by atoms with Crippen LogP contribution in [0.1, 0.15) is 26.4 Å². The monoisotopic (exact) mass is 491 g/mol. The first-order valence-corrected chi connectivity index (χ1v) is 11.3. The molecule has 0 atom stereocenters. The Hall–Kier alpha value is -2.59. The lowest BCUT2D eigenvalue weighted by Crippen LogP contribution is -2.30. The topological polar surface area (TPSA) is 98.1 Å². The van der Waals surface area contributed by atoms with Gasteiger partial charge in [0.2, 0.25) is 0 Å². The van der Waals surface area contributed by atoms with Crippen molar-refractivity contribution >= 4 is 52.5 Å². The predicted octanol–water partition coefficient (Wildman–Crippen LogP) is 3.99. The Labute approximate surface area is 198 Å². The van der Waals surface area contributed by atoms with Crippen molar-refractivity contribution in [1.29, 1.82) is 0 Å². The summed E-state index contributed by atoms with van der Waals surface area (Å²) in [6.07, 6.45) is 1.57. The second-order valence-corrected chi connectivity index (χ2v) is 9.21. The Balaban J connectivity index is 1.74. The molecule has 1 aliphatic rings. The summed E-state index contributed by atoms with van der Waals surface area (Å²) in [4.78, 5) is 30.0. The van der Waals surface area contributed by atoms with E-state index in [0.29, 0.717) is 45.4 Å². The van der Waals surface area contributed by atoms with E-state index in [1.54, 1.807) is 37.4 Å². The van der Waals surface area contributed by atoms with Crippen molar-refractivity contribution in [3.63, 3.8) is 0 Å². The Morgan fingerprint density at radius 2 is 2.00 bits per heavy atom. The molecule has 0 radical (unpaired) electrons. The predicted molar refractivity (Wildman–Crippen MR) is 124 cm³/mol. The van der Waals surface area contributed by atoms with Crippen molar-refractivity contribution in [2.75, 3.05) is 25.6 Å². The summed E-state index contributed by atoms with van der Waals surface area (Å²) < 4.78 is 6.63. The molecule has 2 aromatic heterocycles. The number of hydrogen-bond acceptors (Lipinski definition) is 6. The second-order valence-electron chi connectivity index (χ2n) is 7.04. The van der Waals surface area contributed by atoms with Crippen LogP contribution >= 0.6 is 35.0 Å². The summed E-state index contributed by atoms with van der Waals surface area (Å²) >= 11 is 14.0. The Morgan fingerprint density at radius 3 is 2.66 bits per heavy atom. The van der Waals surface area contributed by atoms with Crippen LogP contribution in [0.15, 0.2) is 41.6 Å². The number of ether oxygens (including phenoxy) is 1. The van der Waals surface area contributed by atoms with Crippen molar-refractivity contribution in [1.82, 2.24) is 20.1 Å². The number of carbonyl (C=O) groups excluding carboxylic acids is 2. The van der Waals surface area contributed by atoms with Gasteiger partial charge >= 0.3 is 0 Å². The van der Waals surface area contributed by atoms with E-state index in [1.807, 2.05) is 0 Å². The number of rotatable bonds is 6. The summed E-state index contributed by atoms with van der Waals surface area (Å²) in [6.45, 7) is 3.02. The van der Waals surface area contributed by atoms with Gasteiger partial charge in [-0.05, 0) is 36.8 Å². The summed E-state index contributed by atoms with van der Waals surface area (Å²) in [5, 5.41) is 11.6. The molecule has 4 rings (SSSR count). The average Bonchev–Trinajstić information content (AvgIpc) is 3.16. The van der Waals surface area contributed by atoms with Crippen LogP contribution in [0.25, 0.3) is 5.82 Å². The lowest BCUT2D eigenvalue weighted by atomic mass is 10.1. The maximum absolute atomic E-state index is 13.4. The second kappa shape index (κ2) is 9.50. The number of aryl methyl sites for hydroxylation is 1. The van der Waals surface area contributed by atoms with Gasteiger partial charge in [-0.1, -0.05) is 35.0 Å². The van der Waals surface area contributed by atoms with Gasteiger partial charge in [-0.25, -0.2) is 9.67 Å². The number of amides is 2. The number of hydrogen-bond donors (Lipinski definition) is 2. The molecule has 8 nitrogen and oxygen atoms in total. The van der Waals surface area contributed by atoms with Gasteiger partial charge in [0.05, 0.1) is 34.7 Å². The highest BCUT2D eigenvalue weighted by Gasteiger charge is 2.26. The highest BCUT2D eigenvalue weighted by atomic mass is 35.5. The van der Waals surface area contributed by atoms with Crippen molar-refractivity contribution in [2.24, 2.45) is 0 Å². The maximum atomic E-state index is 13.4. The molecule has 166 valence electrons. The molecule has 0 bridgehead atoms. The Bertz CT molecular complexity index is 1200. The van der Waals surface area contributed by atoms with Crippen LogP contribution in [0.3, 0.4) is 0 Å². The minimum atomic E-state index is -0.466. The number of halogens is 2. The van der Waals surface area contributed by atoms with Gasteiger partial charge in [0, 0.05) is 24.3 Å². The SMILES string of the molecule is CNC(=O)c1cc(Cl)cc(C)c1NC(=O)c1cc(SC2COC2)nn1-c1ncccc1Cl. The third kappa shape index (κ3) is 4.61. The van der Waals surface area contributed by atoms with Gasteiger partial charge in [0.1, 0.15) is 10.7 Å².